The lowest BCUT2D eigenvalue weighted by atomic mass is 10.2. The molecule has 0 saturated carbocycles. The van der Waals surface area contributed by atoms with Gasteiger partial charge in [-0.1, -0.05) is 13.8 Å². The minimum absolute atomic E-state index is 0.0761. The van der Waals surface area contributed by atoms with E-state index in [9.17, 15) is 17.6 Å². The van der Waals surface area contributed by atoms with E-state index in [1.165, 1.54) is 0 Å². The molecular formula is C10H11ClFNO3S. The third kappa shape index (κ3) is 3.67. The molecule has 0 aliphatic rings. The molecule has 0 radical (unpaired) electrons. The number of hydrogen-bond donors (Lipinski definition) is 1. The fourth-order valence-electron chi connectivity index (χ4n) is 1.03. The van der Waals surface area contributed by atoms with Gasteiger partial charge in [-0.2, -0.15) is 0 Å². The Morgan fingerprint density at radius 3 is 2.41 bits per heavy atom. The smallest absolute Gasteiger partial charge is 0.261 e. The zero-order valence-electron chi connectivity index (χ0n) is 9.20. The minimum Gasteiger partial charge on any atom is -0.323 e. The van der Waals surface area contributed by atoms with Gasteiger partial charge in [0.25, 0.3) is 9.05 Å². The normalized spacial score (nSPS) is 11.6. The van der Waals surface area contributed by atoms with Gasteiger partial charge in [0.1, 0.15) is 5.82 Å². The van der Waals surface area contributed by atoms with Crippen LogP contribution in [0.25, 0.3) is 0 Å². The van der Waals surface area contributed by atoms with Crippen molar-refractivity contribution in [1.82, 2.24) is 0 Å². The third-order valence-electron chi connectivity index (χ3n) is 2.00. The molecule has 0 aliphatic heterocycles. The molecule has 0 aliphatic carbocycles. The molecule has 0 atom stereocenters. The second-order valence-corrected chi connectivity index (χ2v) is 6.29. The SMILES string of the molecule is CC(C)C(=O)Nc1ccc(S(=O)(=O)Cl)cc1F. The van der Waals surface area contributed by atoms with Crippen molar-refractivity contribution in [3.05, 3.63) is 24.0 Å². The summed E-state index contributed by atoms with van der Waals surface area (Å²) in [6.07, 6.45) is 0. The molecule has 7 heteroatoms. The van der Waals surface area contributed by atoms with E-state index in [0.29, 0.717) is 0 Å². The molecule has 1 aromatic rings. The van der Waals surface area contributed by atoms with Gasteiger partial charge in [0, 0.05) is 16.6 Å². The quantitative estimate of drug-likeness (QED) is 0.864. The average molecular weight is 280 g/mol. The molecule has 4 nitrogen and oxygen atoms in total. The van der Waals surface area contributed by atoms with Gasteiger partial charge in [-0.05, 0) is 18.2 Å². The number of amides is 1. The lowest BCUT2D eigenvalue weighted by Crippen LogP contribution is -2.18. The Balaban J connectivity index is 3.03. The molecule has 0 bridgehead atoms. The molecule has 0 spiro atoms. The molecule has 0 unspecified atom stereocenters. The largest absolute Gasteiger partial charge is 0.323 e. The predicted molar refractivity (Wildman–Crippen MR) is 62.9 cm³/mol. The summed E-state index contributed by atoms with van der Waals surface area (Å²) < 4.78 is 35.3. The Kier molecular flexibility index (Phi) is 4.11. The van der Waals surface area contributed by atoms with Crippen molar-refractivity contribution >= 4 is 31.3 Å². The predicted octanol–water partition coefficient (Wildman–Crippen LogP) is 2.35. The molecular weight excluding hydrogens is 269 g/mol. The first-order chi connectivity index (χ1) is 7.71. The van der Waals surface area contributed by atoms with Crippen LogP contribution in [0.4, 0.5) is 10.1 Å². The van der Waals surface area contributed by atoms with E-state index in [4.69, 9.17) is 10.7 Å². The van der Waals surface area contributed by atoms with E-state index in [0.717, 1.165) is 18.2 Å². The first kappa shape index (κ1) is 13.9. The summed E-state index contributed by atoms with van der Waals surface area (Å²) in [6, 6.07) is 3.05. The Hall–Kier alpha value is -1.14. The number of rotatable bonds is 3. The standard InChI is InChI=1S/C10H11ClFNO3S/c1-6(2)10(14)13-9-4-3-7(5-8(9)12)17(11,15)16/h3-6H,1-2H3,(H,13,14). The maximum absolute atomic E-state index is 13.5. The third-order valence-corrected chi connectivity index (χ3v) is 3.36. The molecule has 1 amide bonds. The lowest BCUT2D eigenvalue weighted by molar-refractivity contribution is -0.118. The number of carbonyl (C=O) groups is 1. The van der Waals surface area contributed by atoms with E-state index < -0.39 is 14.9 Å². The second-order valence-electron chi connectivity index (χ2n) is 3.72. The number of benzene rings is 1. The summed E-state index contributed by atoms with van der Waals surface area (Å²) in [5.41, 5.74) is -0.0761. The van der Waals surface area contributed by atoms with Crippen LogP contribution in [0.3, 0.4) is 0 Å². The zero-order chi connectivity index (χ0) is 13.2. The molecule has 0 heterocycles. The molecule has 0 fully saturated rings. The summed E-state index contributed by atoms with van der Waals surface area (Å²) in [5, 5.41) is 2.34. The first-order valence-corrected chi connectivity index (χ1v) is 7.08. The average Bonchev–Trinajstić information content (AvgIpc) is 2.19. The monoisotopic (exact) mass is 279 g/mol. The number of halogens is 2. The fraction of sp³-hybridized carbons (Fsp3) is 0.300. The highest BCUT2D eigenvalue weighted by Crippen LogP contribution is 2.21. The van der Waals surface area contributed by atoms with Gasteiger partial charge in [-0.3, -0.25) is 4.79 Å². The Labute approximate surface area is 103 Å². The van der Waals surface area contributed by atoms with Crippen LogP contribution in [-0.2, 0) is 13.8 Å². The van der Waals surface area contributed by atoms with Crippen molar-refractivity contribution in [3.63, 3.8) is 0 Å². The zero-order valence-corrected chi connectivity index (χ0v) is 10.8. The molecule has 1 rings (SSSR count). The van der Waals surface area contributed by atoms with Crippen LogP contribution in [0.1, 0.15) is 13.8 Å². The van der Waals surface area contributed by atoms with Crippen molar-refractivity contribution in [3.8, 4) is 0 Å². The minimum atomic E-state index is -3.97. The van der Waals surface area contributed by atoms with Crippen LogP contribution < -0.4 is 5.32 Å². The van der Waals surface area contributed by atoms with E-state index in [-0.39, 0.29) is 22.4 Å². The van der Waals surface area contributed by atoms with E-state index in [1.807, 2.05) is 0 Å². The van der Waals surface area contributed by atoms with Gasteiger partial charge in [0.15, 0.2) is 0 Å². The highest BCUT2D eigenvalue weighted by molar-refractivity contribution is 8.13. The molecule has 17 heavy (non-hydrogen) atoms. The van der Waals surface area contributed by atoms with Gasteiger partial charge in [0.2, 0.25) is 5.91 Å². The number of nitrogens with one attached hydrogen (secondary N) is 1. The van der Waals surface area contributed by atoms with E-state index in [2.05, 4.69) is 5.32 Å². The Morgan fingerprint density at radius 2 is 2.00 bits per heavy atom. The molecule has 94 valence electrons. The molecule has 0 aromatic heterocycles. The maximum Gasteiger partial charge on any atom is 0.261 e. The van der Waals surface area contributed by atoms with E-state index in [1.54, 1.807) is 13.8 Å². The molecule has 0 saturated heterocycles. The Bertz CT molecular complexity index is 542. The lowest BCUT2D eigenvalue weighted by Gasteiger charge is -2.09. The summed E-state index contributed by atoms with van der Waals surface area (Å²) in [6.45, 7) is 3.32. The summed E-state index contributed by atoms with van der Waals surface area (Å²) in [4.78, 5) is 11.0. The van der Waals surface area contributed by atoms with Crippen molar-refractivity contribution in [2.24, 2.45) is 5.92 Å². The summed E-state index contributed by atoms with van der Waals surface area (Å²) in [7, 11) is 1.09. The van der Waals surface area contributed by atoms with Crippen LogP contribution in [0, 0.1) is 11.7 Å². The number of anilines is 1. The van der Waals surface area contributed by atoms with Gasteiger partial charge in [0.05, 0.1) is 10.6 Å². The van der Waals surface area contributed by atoms with Gasteiger partial charge in [-0.15, -0.1) is 0 Å². The highest BCUT2D eigenvalue weighted by Gasteiger charge is 2.15. The highest BCUT2D eigenvalue weighted by atomic mass is 35.7. The topological polar surface area (TPSA) is 63.2 Å². The van der Waals surface area contributed by atoms with Crippen molar-refractivity contribution < 1.29 is 17.6 Å². The fourth-order valence-corrected chi connectivity index (χ4v) is 1.79. The molecule has 1 aromatic carbocycles. The van der Waals surface area contributed by atoms with Gasteiger partial charge in [-0.25, -0.2) is 12.8 Å². The summed E-state index contributed by atoms with van der Waals surface area (Å²) in [5.74, 6) is -1.50. The maximum atomic E-state index is 13.5. The molecule has 1 N–H and O–H groups in total. The van der Waals surface area contributed by atoms with Crippen LogP contribution in [0.5, 0.6) is 0 Å². The van der Waals surface area contributed by atoms with Crippen LogP contribution in [0.2, 0.25) is 0 Å². The first-order valence-electron chi connectivity index (χ1n) is 4.77. The van der Waals surface area contributed by atoms with Crippen LogP contribution >= 0.6 is 10.7 Å². The number of carbonyl (C=O) groups excluding carboxylic acids is 1. The van der Waals surface area contributed by atoms with E-state index >= 15 is 0 Å². The number of hydrogen-bond acceptors (Lipinski definition) is 3. The van der Waals surface area contributed by atoms with Gasteiger partial charge >= 0.3 is 0 Å². The van der Waals surface area contributed by atoms with Crippen molar-refractivity contribution in [2.75, 3.05) is 5.32 Å². The van der Waals surface area contributed by atoms with Crippen LogP contribution in [0.15, 0.2) is 23.1 Å². The Morgan fingerprint density at radius 1 is 1.41 bits per heavy atom. The summed E-state index contributed by atoms with van der Waals surface area (Å²) >= 11 is 0. The van der Waals surface area contributed by atoms with Gasteiger partial charge < -0.3 is 5.32 Å². The second kappa shape index (κ2) is 5.01. The van der Waals surface area contributed by atoms with Crippen LogP contribution in [-0.4, -0.2) is 14.3 Å². The van der Waals surface area contributed by atoms with Crippen molar-refractivity contribution in [2.45, 2.75) is 18.7 Å². The van der Waals surface area contributed by atoms with Crippen molar-refractivity contribution in [1.29, 1.82) is 0 Å².